The number of nitrogens with zero attached hydrogens (tertiary/aromatic N) is 4. The summed E-state index contributed by atoms with van der Waals surface area (Å²) in [5.41, 5.74) is 6.15. The summed E-state index contributed by atoms with van der Waals surface area (Å²) >= 11 is 1.69. The van der Waals surface area contributed by atoms with E-state index in [4.69, 9.17) is 10.5 Å². The van der Waals surface area contributed by atoms with Gasteiger partial charge in [-0.05, 0) is 12.8 Å². The molecule has 0 amide bonds. The van der Waals surface area contributed by atoms with Crippen LogP contribution >= 0.6 is 11.3 Å². The molecule has 7 heteroatoms. The molecule has 2 heterocycles. The number of aliphatic imine (C=N–C) groups is 1. The number of thiazole rings is 1. The summed E-state index contributed by atoms with van der Waals surface area (Å²) in [6.07, 6.45) is 10.0. The molecule has 134 valence electrons. The van der Waals surface area contributed by atoms with Gasteiger partial charge in [-0.2, -0.15) is 0 Å². The van der Waals surface area contributed by atoms with E-state index in [0.29, 0.717) is 25.2 Å². The van der Waals surface area contributed by atoms with Crippen molar-refractivity contribution in [2.24, 2.45) is 10.7 Å². The van der Waals surface area contributed by atoms with Gasteiger partial charge in [0, 0.05) is 37.8 Å². The molecule has 0 unspecified atom stereocenters. The van der Waals surface area contributed by atoms with Crippen molar-refractivity contribution < 1.29 is 4.74 Å². The first-order chi connectivity index (χ1) is 11.8. The van der Waals surface area contributed by atoms with Crippen molar-refractivity contribution in [3.05, 3.63) is 11.6 Å². The normalized spacial score (nSPS) is 21.1. The Labute approximate surface area is 148 Å². The molecule has 24 heavy (non-hydrogen) atoms. The van der Waals surface area contributed by atoms with Gasteiger partial charge in [0.15, 0.2) is 11.1 Å². The number of anilines is 1. The molecule has 2 N–H and O–H groups in total. The summed E-state index contributed by atoms with van der Waals surface area (Å²) in [6.45, 7) is 5.04. The van der Waals surface area contributed by atoms with Crippen LogP contribution in [0.5, 0.6) is 0 Å². The third-order valence-electron chi connectivity index (χ3n) is 4.81. The highest BCUT2D eigenvalue weighted by Gasteiger charge is 2.19. The van der Waals surface area contributed by atoms with E-state index in [2.05, 4.69) is 19.8 Å². The molecule has 2 fully saturated rings. The summed E-state index contributed by atoms with van der Waals surface area (Å²) in [4.78, 5) is 13.3. The molecule has 6 nitrogen and oxygen atoms in total. The van der Waals surface area contributed by atoms with Crippen LogP contribution < -0.4 is 10.6 Å². The average molecular weight is 352 g/mol. The summed E-state index contributed by atoms with van der Waals surface area (Å²) in [6, 6.07) is 0. The summed E-state index contributed by atoms with van der Waals surface area (Å²) in [5.74, 6) is 0.651. The Hall–Kier alpha value is -1.34. The van der Waals surface area contributed by atoms with E-state index in [9.17, 15) is 0 Å². The fourth-order valence-corrected chi connectivity index (χ4v) is 4.08. The minimum atomic E-state index is 0.436. The molecule has 0 radical (unpaired) electrons. The SMILES string of the molecule is NC(=NCCOC1CCCCCC1)N1CCN(c2nccs2)CC1. The van der Waals surface area contributed by atoms with E-state index in [1.165, 1.54) is 38.5 Å². The molecule has 1 saturated carbocycles. The van der Waals surface area contributed by atoms with Crippen molar-refractivity contribution in [2.75, 3.05) is 44.2 Å². The molecule has 1 saturated heterocycles. The van der Waals surface area contributed by atoms with Crippen LogP contribution in [0.4, 0.5) is 5.13 Å². The van der Waals surface area contributed by atoms with Gasteiger partial charge in [-0.15, -0.1) is 11.3 Å². The van der Waals surface area contributed by atoms with Gasteiger partial charge in [0.25, 0.3) is 0 Å². The van der Waals surface area contributed by atoms with E-state index in [1.54, 1.807) is 11.3 Å². The number of hydrogen-bond acceptors (Lipinski definition) is 5. The molecule has 1 aromatic rings. The van der Waals surface area contributed by atoms with Crippen molar-refractivity contribution in [3.63, 3.8) is 0 Å². The van der Waals surface area contributed by atoms with Crippen molar-refractivity contribution in [1.82, 2.24) is 9.88 Å². The summed E-state index contributed by atoms with van der Waals surface area (Å²) in [7, 11) is 0. The first kappa shape index (κ1) is 17.5. The van der Waals surface area contributed by atoms with Crippen LogP contribution in [0.2, 0.25) is 0 Å². The third-order valence-corrected chi connectivity index (χ3v) is 5.65. The quantitative estimate of drug-likeness (QED) is 0.382. The van der Waals surface area contributed by atoms with Crippen LogP contribution in [0.15, 0.2) is 16.6 Å². The number of piperazine rings is 1. The Balaban J connectivity index is 1.35. The number of aromatic nitrogens is 1. The zero-order valence-corrected chi connectivity index (χ0v) is 15.2. The molecule has 0 aromatic carbocycles. The zero-order valence-electron chi connectivity index (χ0n) is 14.4. The maximum Gasteiger partial charge on any atom is 0.191 e. The predicted octanol–water partition coefficient (Wildman–Crippen LogP) is 2.32. The minimum Gasteiger partial charge on any atom is -0.376 e. The fraction of sp³-hybridized carbons (Fsp3) is 0.765. The Morgan fingerprint density at radius 3 is 2.62 bits per heavy atom. The first-order valence-electron chi connectivity index (χ1n) is 9.14. The number of hydrogen-bond donors (Lipinski definition) is 1. The lowest BCUT2D eigenvalue weighted by Crippen LogP contribution is -2.51. The van der Waals surface area contributed by atoms with Crippen LogP contribution in [-0.2, 0) is 4.74 Å². The lowest BCUT2D eigenvalue weighted by Gasteiger charge is -2.35. The average Bonchev–Trinajstić information content (AvgIpc) is 3.03. The van der Waals surface area contributed by atoms with Gasteiger partial charge in [-0.3, -0.25) is 4.99 Å². The number of guanidine groups is 1. The lowest BCUT2D eigenvalue weighted by atomic mass is 10.1. The van der Waals surface area contributed by atoms with Gasteiger partial charge in [0.05, 0.1) is 19.3 Å². The van der Waals surface area contributed by atoms with E-state index in [0.717, 1.165) is 31.3 Å². The van der Waals surface area contributed by atoms with Crippen LogP contribution in [0.1, 0.15) is 38.5 Å². The molecule has 3 rings (SSSR count). The molecule has 0 atom stereocenters. The highest BCUT2D eigenvalue weighted by Crippen LogP contribution is 2.20. The van der Waals surface area contributed by atoms with Gasteiger partial charge in [0.1, 0.15) is 0 Å². The smallest absolute Gasteiger partial charge is 0.191 e. The van der Waals surface area contributed by atoms with Crippen LogP contribution in [0.25, 0.3) is 0 Å². The monoisotopic (exact) mass is 351 g/mol. The summed E-state index contributed by atoms with van der Waals surface area (Å²) in [5, 5.41) is 3.12. The summed E-state index contributed by atoms with van der Waals surface area (Å²) < 4.78 is 5.97. The molecular weight excluding hydrogens is 322 g/mol. The maximum absolute atomic E-state index is 6.15. The van der Waals surface area contributed by atoms with Crippen LogP contribution in [-0.4, -0.2) is 61.3 Å². The number of ether oxygens (including phenoxy) is 1. The number of nitrogens with two attached hydrogens (primary N) is 1. The fourth-order valence-electron chi connectivity index (χ4n) is 3.39. The Bertz CT molecular complexity index is 491. The van der Waals surface area contributed by atoms with Crippen molar-refractivity contribution in [2.45, 2.75) is 44.6 Å². The van der Waals surface area contributed by atoms with Crippen LogP contribution in [0, 0.1) is 0 Å². The molecule has 1 aromatic heterocycles. The van der Waals surface area contributed by atoms with Crippen molar-refractivity contribution in [1.29, 1.82) is 0 Å². The molecule has 0 spiro atoms. The van der Waals surface area contributed by atoms with Crippen LogP contribution in [0.3, 0.4) is 0 Å². The van der Waals surface area contributed by atoms with Gasteiger partial charge in [0.2, 0.25) is 0 Å². The zero-order chi connectivity index (χ0) is 16.6. The van der Waals surface area contributed by atoms with E-state index in [1.807, 2.05) is 11.6 Å². The first-order valence-corrected chi connectivity index (χ1v) is 10.0. The highest BCUT2D eigenvalue weighted by molar-refractivity contribution is 7.13. The third kappa shape index (κ3) is 5.08. The van der Waals surface area contributed by atoms with Gasteiger partial charge >= 0.3 is 0 Å². The largest absolute Gasteiger partial charge is 0.376 e. The number of rotatable bonds is 5. The van der Waals surface area contributed by atoms with Crippen molar-refractivity contribution in [3.8, 4) is 0 Å². The molecule has 1 aliphatic heterocycles. The topological polar surface area (TPSA) is 67.0 Å². The molecule has 2 aliphatic rings. The second kappa shape index (κ2) is 9.22. The van der Waals surface area contributed by atoms with Gasteiger partial charge < -0.3 is 20.3 Å². The molecule has 1 aliphatic carbocycles. The lowest BCUT2D eigenvalue weighted by molar-refractivity contribution is 0.0486. The minimum absolute atomic E-state index is 0.436. The van der Waals surface area contributed by atoms with Crippen molar-refractivity contribution >= 4 is 22.4 Å². The Kier molecular flexibility index (Phi) is 6.72. The van der Waals surface area contributed by atoms with E-state index in [-0.39, 0.29) is 0 Å². The predicted molar refractivity (Wildman–Crippen MR) is 99.8 cm³/mol. The molecular formula is C17H29N5OS. The maximum atomic E-state index is 6.15. The van der Waals surface area contributed by atoms with E-state index >= 15 is 0 Å². The Morgan fingerprint density at radius 1 is 1.21 bits per heavy atom. The van der Waals surface area contributed by atoms with Gasteiger partial charge in [-0.25, -0.2) is 4.98 Å². The molecule has 0 bridgehead atoms. The second-order valence-electron chi connectivity index (χ2n) is 6.51. The second-order valence-corrected chi connectivity index (χ2v) is 7.39. The van der Waals surface area contributed by atoms with E-state index < -0.39 is 0 Å². The van der Waals surface area contributed by atoms with Gasteiger partial charge in [-0.1, -0.05) is 25.7 Å². The highest BCUT2D eigenvalue weighted by atomic mass is 32.1. The standard InChI is InChI=1S/C17H29N5OS/c18-16(19-7-13-23-15-5-3-1-2-4-6-15)21-9-11-22(12-10-21)17-20-8-14-24-17/h8,14-15H,1-7,9-13H2,(H2,18,19). The Morgan fingerprint density at radius 2 is 1.96 bits per heavy atom.